The summed E-state index contributed by atoms with van der Waals surface area (Å²) in [6.45, 7) is 8.55. The van der Waals surface area contributed by atoms with Gasteiger partial charge in [0, 0.05) is 12.6 Å². The molecule has 1 heterocycles. The Kier molecular flexibility index (Phi) is 5.22. The molecule has 0 bridgehead atoms. The molecule has 1 aliphatic rings. The highest BCUT2D eigenvalue weighted by atomic mass is 16.6. The molecular formula is C12H24N2O2. The largest absolute Gasteiger partial charge is 0.460 e. The van der Waals surface area contributed by atoms with Crippen molar-refractivity contribution < 1.29 is 9.53 Å². The van der Waals surface area contributed by atoms with E-state index in [1.54, 1.807) is 0 Å². The second kappa shape index (κ2) is 6.21. The molecule has 0 aliphatic carbocycles. The Labute approximate surface area is 98.1 Å². The average molecular weight is 228 g/mol. The number of carbonyl (C=O) groups excluding carboxylic acids is 1. The van der Waals surface area contributed by atoms with Crippen LogP contribution in [-0.2, 0) is 9.53 Å². The van der Waals surface area contributed by atoms with Crippen LogP contribution in [0.1, 0.15) is 40.0 Å². The third kappa shape index (κ3) is 6.08. The monoisotopic (exact) mass is 228 g/mol. The third-order valence-electron chi connectivity index (χ3n) is 2.52. The summed E-state index contributed by atoms with van der Waals surface area (Å²) < 4.78 is 5.24. The molecule has 4 heteroatoms. The molecule has 0 aromatic rings. The van der Waals surface area contributed by atoms with Crippen molar-refractivity contribution in [2.75, 3.05) is 19.6 Å². The number of carbonyl (C=O) groups is 1. The van der Waals surface area contributed by atoms with Crippen LogP contribution in [-0.4, -0.2) is 37.2 Å². The van der Waals surface area contributed by atoms with Crippen molar-refractivity contribution >= 4 is 5.97 Å². The predicted octanol–water partition coefficient (Wildman–Crippen LogP) is 1.06. The third-order valence-corrected chi connectivity index (χ3v) is 2.52. The van der Waals surface area contributed by atoms with E-state index in [2.05, 4.69) is 10.6 Å². The van der Waals surface area contributed by atoms with Crippen LogP contribution in [0.3, 0.4) is 0 Å². The molecule has 1 aliphatic heterocycles. The Morgan fingerprint density at radius 1 is 1.38 bits per heavy atom. The summed E-state index contributed by atoms with van der Waals surface area (Å²) >= 11 is 0. The van der Waals surface area contributed by atoms with Gasteiger partial charge in [0.1, 0.15) is 5.60 Å². The normalized spacial score (nSPS) is 18.4. The van der Waals surface area contributed by atoms with E-state index in [9.17, 15) is 4.79 Å². The number of esters is 1. The van der Waals surface area contributed by atoms with Crippen molar-refractivity contribution in [3.63, 3.8) is 0 Å². The van der Waals surface area contributed by atoms with Crippen molar-refractivity contribution in [1.82, 2.24) is 10.6 Å². The maximum atomic E-state index is 11.4. The fraction of sp³-hybridized carbons (Fsp3) is 0.917. The lowest BCUT2D eigenvalue weighted by Crippen LogP contribution is -2.40. The molecule has 0 atom stereocenters. The molecule has 1 saturated heterocycles. The molecule has 0 amide bonds. The Balaban J connectivity index is 2.08. The van der Waals surface area contributed by atoms with Crippen molar-refractivity contribution in [3.05, 3.63) is 0 Å². The molecular weight excluding hydrogens is 204 g/mol. The van der Waals surface area contributed by atoms with Gasteiger partial charge in [-0.2, -0.15) is 0 Å². The molecule has 1 rings (SSSR count). The fourth-order valence-corrected chi connectivity index (χ4v) is 1.80. The first-order valence-corrected chi connectivity index (χ1v) is 6.13. The van der Waals surface area contributed by atoms with Gasteiger partial charge in [-0.1, -0.05) is 0 Å². The summed E-state index contributed by atoms with van der Waals surface area (Å²) in [5.41, 5.74) is -0.369. The van der Waals surface area contributed by atoms with E-state index in [4.69, 9.17) is 4.74 Å². The standard InChI is InChI=1S/C12H24N2O2/c1-12(2,3)16-11(15)6-9-14-10-4-7-13-8-5-10/h10,13-14H,4-9H2,1-3H3. The first-order valence-electron chi connectivity index (χ1n) is 6.13. The lowest BCUT2D eigenvalue weighted by molar-refractivity contribution is -0.154. The minimum atomic E-state index is -0.369. The first-order chi connectivity index (χ1) is 7.47. The Morgan fingerprint density at radius 2 is 2.00 bits per heavy atom. The SMILES string of the molecule is CC(C)(C)OC(=O)CCNC1CCNCC1. The van der Waals surface area contributed by atoms with Crippen LogP contribution in [0.15, 0.2) is 0 Å². The fourth-order valence-electron chi connectivity index (χ4n) is 1.80. The van der Waals surface area contributed by atoms with Gasteiger partial charge in [0.25, 0.3) is 0 Å². The summed E-state index contributed by atoms with van der Waals surface area (Å²) in [7, 11) is 0. The second-order valence-electron chi connectivity index (χ2n) is 5.31. The predicted molar refractivity (Wildman–Crippen MR) is 64.4 cm³/mol. The highest BCUT2D eigenvalue weighted by molar-refractivity contribution is 5.70. The highest BCUT2D eigenvalue weighted by Crippen LogP contribution is 2.08. The molecule has 0 aromatic carbocycles. The summed E-state index contributed by atoms with van der Waals surface area (Å²) in [6, 6.07) is 0.559. The zero-order chi connectivity index (χ0) is 12.0. The average Bonchev–Trinajstić information content (AvgIpc) is 2.16. The number of hydrogen-bond donors (Lipinski definition) is 2. The van der Waals surface area contributed by atoms with Crippen LogP contribution in [0, 0.1) is 0 Å². The molecule has 1 fully saturated rings. The zero-order valence-corrected chi connectivity index (χ0v) is 10.6. The number of hydrogen-bond acceptors (Lipinski definition) is 4. The Morgan fingerprint density at radius 3 is 2.56 bits per heavy atom. The number of rotatable bonds is 4. The molecule has 2 N–H and O–H groups in total. The van der Waals surface area contributed by atoms with E-state index >= 15 is 0 Å². The van der Waals surface area contributed by atoms with E-state index in [0.29, 0.717) is 12.5 Å². The van der Waals surface area contributed by atoms with Gasteiger partial charge < -0.3 is 15.4 Å². The number of nitrogens with one attached hydrogen (secondary N) is 2. The van der Waals surface area contributed by atoms with Crippen LogP contribution in [0.2, 0.25) is 0 Å². The van der Waals surface area contributed by atoms with Gasteiger partial charge >= 0.3 is 5.97 Å². The van der Waals surface area contributed by atoms with Gasteiger partial charge in [0.2, 0.25) is 0 Å². The topological polar surface area (TPSA) is 50.4 Å². The summed E-state index contributed by atoms with van der Waals surface area (Å²) in [5.74, 6) is -0.117. The number of ether oxygens (including phenoxy) is 1. The second-order valence-corrected chi connectivity index (χ2v) is 5.31. The van der Waals surface area contributed by atoms with E-state index in [1.165, 1.54) is 0 Å². The van der Waals surface area contributed by atoms with E-state index in [0.717, 1.165) is 32.5 Å². The van der Waals surface area contributed by atoms with Crippen LogP contribution in [0.25, 0.3) is 0 Å². The van der Waals surface area contributed by atoms with Gasteiger partial charge in [0.15, 0.2) is 0 Å². The van der Waals surface area contributed by atoms with Crippen molar-refractivity contribution in [3.8, 4) is 0 Å². The molecule has 94 valence electrons. The van der Waals surface area contributed by atoms with Crippen LogP contribution >= 0.6 is 0 Å². The highest BCUT2D eigenvalue weighted by Gasteiger charge is 2.17. The molecule has 0 spiro atoms. The molecule has 0 saturated carbocycles. The van der Waals surface area contributed by atoms with E-state index < -0.39 is 0 Å². The quantitative estimate of drug-likeness (QED) is 0.706. The van der Waals surface area contributed by atoms with Gasteiger partial charge in [0.05, 0.1) is 6.42 Å². The van der Waals surface area contributed by atoms with E-state index in [1.807, 2.05) is 20.8 Å². The molecule has 0 unspecified atom stereocenters. The molecule has 0 radical (unpaired) electrons. The summed E-state index contributed by atoms with van der Waals surface area (Å²) in [4.78, 5) is 11.4. The zero-order valence-electron chi connectivity index (χ0n) is 10.6. The minimum Gasteiger partial charge on any atom is -0.460 e. The first kappa shape index (κ1) is 13.5. The van der Waals surface area contributed by atoms with Gasteiger partial charge in [-0.3, -0.25) is 4.79 Å². The van der Waals surface area contributed by atoms with Crippen LogP contribution < -0.4 is 10.6 Å². The molecule has 0 aromatic heterocycles. The maximum Gasteiger partial charge on any atom is 0.307 e. The maximum absolute atomic E-state index is 11.4. The van der Waals surface area contributed by atoms with Gasteiger partial charge in [-0.05, 0) is 46.7 Å². The minimum absolute atomic E-state index is 0.117. The molecule has 4 nitrogen and oxygen atoms in total. The van der Waals surface area contributed by atoms with E-state index in [-0.39, 0.29) is 11.6 Å². The van der Waals surface area contributed by atoms with Gasteiger partial charge in [-0.15, -0.1) is 0 Å². The smallest absolute Gasteiger partial charge is 0.307 e. The van der Waals surface area contributed by atoms with Crippen molar-refractivity contribution in [2.45, 2.75) is 51.7 Å². The van der Waals surface area contributed by atoms with Gasteiger partial charge in [-0.25, -0.2) is 0 Å². The summed E-state index contributed by atoms with van der Waals surface area (Å²) in [6.07, 6.45) is 2.75. The van der Waals surface area contributed by atoms with Crippen LogP contribution in [0.5, 0.6) is 0 Å². The van der Waals surface area contributed by atoms with Crippen LogP contribution in [0.4, 0.5) is 0 Å². The summed E-state index contributed by atoms with van der Waals surface area (Å²) in [5, 5.41) is 6.71. The van der Waals surface area contributed by atoms with Crippen molar-refractivity contribution in [2.24, 2.45) is 0 Å². The lowest BCUT2D eigenvalue weighted by Gasteiger charge is -2.24. The Hall–Kier alpha value is -0.610. The number of piperidine rings is 1. The molecule has 16 heavy (non-hydrogen) atoms. The Bertz CT molecular complexity index is 218. The lowest BCUT2D eigenvalue weighted by atomic mass is 10.1. The van der Waals surface area contributed by atoms with Crippen molar-refractivity contribution in [1.29, 1.82) is 0 Å².